The minimum Gasteiger partial charge on any atom is -0.477 e. The first-order valence-corrected chi connectivity index (χ1v) is 5.90. The average Bonchev–Trinajstić information content (AvgIpc) is 2.37. The third-order valence-electron chi connectivity index (χ3n) is 2.33. The van der Waals surface area contributed by atoms with E-state index in [0.29, 0.717) is 13.1 Å². The molecule has 0 unspecified atom stereocenters. The van der Waals surface area contributed by atoms with E-state index in [2.05, 4.69) is 10.6 Å². The van der Waals surface area contributed by atoms with Gasteiger partial charge in [-0.1, -0.05) is 6.07 Å². The summed E-state index contributed by atoms with van der Waals surface area (Å²) in [6, 6.07) is 4.58. The van der Waals surface area contributed by atoms with Crippen molar-refractivity contribution in [2.45, 2.75) is 13.5 Å². The fraction of sp³-hybridized carbons (Fsp3) is 0.417. The summed E-state index contributed by atoms with van der Waals surface area (Å²) in [4.78, 5) is 21.6. The van der Waals surface area contributed by atoms with Crippen LogP contribution in [0.2, 0.25) is 0 Å². The molecule has 104 valence electrons. The van der Waals surface area contributed by atoms with Crippen molar-refractivity contribution >= 4 is 11.6 Å². The Kier molecular flexibility index (Phi) is 5.74. The van der Waals surface area contributed by atoms with Gasteiger partial charge in [-0.3, -0.25) is 14.9 Å². The number of likely N-dealkylation sites (N-methyl/N-ethyl adjacent to an activating group) is 1. The standard InChI is InChI=1S/C12H17N3O4/c1-3-14-12(16)8-19-11-6-9(7-13-2)4-5-10(11)15(17)18/h4-6,13H,3,7-8H2,1-2H3,(H,14,16). The Morgan fingerprint density at radius 2 is 2.21 bits per heavy atom. The molecule has 0 saturated carbocycles. The normalized spacial score (nSPS) is 10.0. The average molecular weight is 267 g/mol. The molecule has 0 radical (unpaired) electrons. The fourth-order valence-corrected chi connectivity index (χ4v) is 1.53. The number of carbonyl (C=O) groups is 1. The van der Waals surface area contributed by atoms with Gasteiger partial charge in [-0.15, -0.1) is 0 Å². The number of hydrogen-bond acceptors (Lipinski definition) is 5. The van der Waals surface area contributed by atoms with Gasteiger partial charge >= 0.3 is 5.69 Å². The van der Waals surface area contributed by atoms with Gasteiger partial charge in [0.2, 0.25) is 0 Å². The quantitative estimate of drug-likeness (QED) is 0.563. The van der Waals surface area contributed by atoms with Gasteiger partial charge in [-0.2, -0.15) is 0 Å². The topological polar surface area (TPSA) is 93.5 Å². The molecule has 0 aliphatic rings. The molecular weight excluding hydrogens is 250 g/mol. The summed E-state index contributed by atoms with van der Waals surface area (Å²) in [5, 5.41) is 16.4. The van der Waals surface area contributed by atoms with Crippen LogP contribution in [-0.4, -0.2) is 31.0 Å². The predicted molar refractivity (Wildman–Crippen MR) is 70.0 cm³/mol. The number of nitro groups is 1. The smallest absolute Gasteiger partial charge is 0.310 e. The second kappa shape index (κ2) is 7.32. The molecule has 1 rings (SSSR count). The van der Waals surface area contributed by atoms with Crippen LogP contribution in [0, 0.1) is 10.1 Å². The van der Waals surface area contributed by atoms with Gasteiger partial charge in [0, 0.05) is 19.2 Å². The van der Waals surface area contributed by atoms with Gasteiger partial charge in [-0.05, 0) is 25.6 Å². The van der Waals surface area contributed by atoms with Crippen LogP contribution in [0.5, 0.6) is 5.75 Å². The van der Waals surface area contributed by atoms with Gasteiger partial charge in [0.25, 0.3) is 5.91 Å². The molecule has 0 aliphatic carbocycles. The predicted octanol–water partition coefficient (Wildman–Crippen LogP) is 0.829. The van der Waals surface area contributed by atoms with Gasteiger partial charge in [0.1, 0.15) is 0 Å². The van der Waals surface area contributed by atoms with E-state index < -0.39 is 4.92 Å². The molecule has 2 N–H and O–H groups in total. The summed E-state index contributed by atoms with van der Waals surface area (Å²) < 4.78 is 5.22. The molecule has 0 atom stereocenters. The maximum Gasteiger partial charge on any atom is 0.310 e. The van der Waals surface area contributed by atoms with E-state index >= 15 is 0 Å². The SMILES string of the molecule is CCNC(=O)COc1cc(CNC)ccc1[N+](=O)[O-]. The third-order valence-corrected chi connectivity index (χ3v) is 2.33. The molecule has 0 bridgehead atoms. The Morgan fingerprint density at radius 3 is 2.79 bits per heavy atom. The van der Waals surface area contributed by atoms with E-state index in [-0.39, 0.29) is 24.0 Å². The largest absolute Gasteiger partial charge is 0.477 e. The molecule has 0 saturated heterocycles. The minimum atomic E-state index is -0.532. The Balaban J connectivity index is 2.85. The molecule has 0 fully saturated rings. The monoisotopic (exact) mass is 267 g/mol. The van der Waals surface area contributed by atoms with Gasteiger partial charge in [0.05, 0.1) is 4.92 Å². The van der Waals surface area contributed by atoms with Crippen LogP contribution >= 0.6 is 0 Å². The highest BCUT2D eigenvalue weighted by Crippen LogP contribution is 2.27. The fourth-order valence-electron chi connectivity index (χ4n) is 1.53. The Morgan fingerprint density at radius 1 is 1.47 bits per heavy atom. The van der Waals surface area contributed by atoms with Crippen LogP contribution in [0.4, 0.5) is 5.69 Å². The number of ether oxygens (including phenoxy) is 1. The van der Waals surface area contributed by atoms with Crippen LogP contribution < -0.4 is 15.4 Å². The van der Waals surface area contributed by atoms with Crippen molar-refractivity contribution in [1.29, 1.82) is 0 Å². The second-order valence-corrected chi connectivity index (χ2v) is 3.83. The Bertz CT molecular complexity index is 462. The third kappa shape index (κ3) is 4.55. The molecular formula is C12H17N3O4. The molecule has 0 spiro atoms. The number of amides is 1. The molecule has 19 heavy (non-hydrogen) atoms. The molecule has 7 nitrogen and oxygen atoms in total. The number of rotatable bonds is 7. The molecule has 0 aliphatic heterocycles. The summed E-state index contributed by atoms with van der Waals surface area (Å²) in [5.74, 6) is -0.208. The van der Waals surface area contributed by atoms with Crippen molar-refractivity contribution in [2.75, 3.05) is 20.2 Å². The summed E-state index contributed by atoms with van der Waals surface area (Å²) >= 11 is 0. The molecule has 1 aromatic rings. The van der Waals surface area contributed by atoms with E-state index in [0.717, 1.165) is 5.56 Å². The zero-order chi connectivity index (χ0) is 14.3. The van der Waals surface area contributed by atoms with Crippen LogP contribution in [0.15, 0.2) is 18.2 Å². The van der Waals surface area contributed by atoms with E-state index in [1.807, 2.05) is 0 Å². The van der Waals surface area contributed by atoms with Crippen LogP contribution in [-0.2, 0) is 11.3 Å². The maximum absolute atomic E-state index is 11.3. The number of nitro benzene ring substituents is 1. The van der Waals surface area contributed by atoms with Crippen LogP contribution in [0.3, 0.4) is 0 Å². The van der Waals surface area contributed by atoms with E-state index in [1.54, 1.807) is 26.1 Å². The molecule has 7 heteroatoms. The van der Waals surface area contributed by atoms with Crippen molar-refractivity contribution in [3.05, 3.63) is 33.9 Å². The summed E-state index contributed by atoms with van der Waals surface area (Å²) in [6.07, 6.45) is 0. The van der Waals surface area contributed by atoms with Crippen LogP contribution in [0.1, 0.15) is 12.5 Å². The van der Waals surface area contributed by atoms with Crippen molar-refractivity contribution in [2.24, 2.45) is 0 Å². The second-order valence-electron chi connectivity index (χ2n) is 3.83. The number of hydrogen-bond donors (Lipinski definition) is 2. The number of benzene rings is 1. The molecule has 0 aromatic heterocycles. The Hall–Kier alpha value is -2.15. The highest BCUT2D eigenvalue weighted by Gasteiger charge is 2.16. The van der Waals surface area contributed by atoms with E-state index in [4.69, 9.17) is 4.74 Å². The summed E-state index contributed by atoms with van der Waals surface area (Å²) in [7, 11) is 1.77. The molecule has 0 heterocycles. The highest BCUT2D eigenvalue weighted by molar-refractivity contribution is 5.77. The molecule has 1 amide bonds. The molecule has 1 aromatic carbocycles. The number of nitrogens with one attached hydrogen (secondary N) is 2. The highest BCUT2D eigenvalue weighted by atomic mass is 16.6. The van der Waals surface area contributed by atoms with Crippen molar-refractivity contribution < 1.29 is 14.5 Å². The van der Waals surface area contributed by atoms with Gasteiger partial charge < -0.3 is 15.4 Å². The first-order chi connectivity index (χ1) is 9.08. The zero-order valence-electron chi connectivity index (χ0n) is 10.9. The first-order valence-electron chi connectivity index (χ1n) is 5.90. The van der Waals surface area contributed by atoms with E-state index in [1.165, 1.54) is 6.07 Å². The lowest BCUT2D eigenvalue weighted by molar-refractivity contribution is -0.385. The summed E-state index contributed by atoms with van der Waals surface area (Å²) in [5.41, 5.74) is 0.697. The lowest BCUT2D eigenvalue weighted by atomic mass is 10.2. The van der Waals surface area contributed by atoms with Crippen molar-refractivity contribution in [1.82, 2.24) is 10.6 Å². The Labute approximate surface area is 111 Å². The lowest BCUT2D eigenvalue weighted by Crippen LogP contribution is -2.28. The summed E-state index contributed by atoms with van der Waals surface area (Å²) in [6.45, 7) is 2.60. The minimum absolute atomic E-state index is 0.101. The van der Waals surface area contributed by atoms with Crippen molar-refractivity contribution in [3.8, 4) is 5.75 Å². The van der Waals surface area contributed by atoms with Crippen LogP contribution in [0.25, 0.3) is 0 Å². The first kappa shape index (κ1) is 14.9. The van der Waals surface area contributed by atoms with Gasteiger partial charge in [-0.25, -0.2) is 0 Å². The number of carbonyl (C=O) groups excluding carboxylic acids is 1. The van der Waals surface area contributed by atoms with Crippen molar-refractivity contribution in [3.63, 3.8) is 0 Å². The number of nitrogens with zero attached hydrogens (tertiary/aromatic N) is 1. The van der Waals surface area contributed by atoms with E-state index in [9.17, 15) is 14.9 Å². The van der Waals surface area contributed by atoms with Gasteiger partial charge in [0.15, 0.2) is 12.4 Å². The lowest BCUT2D eigenvalue weighted by Gasteiger charge is -2.08. The maximum atomic E-state index is 11.3. The zero-order valence-corrected chi connectivity index (χ0v) is 10.9.